The SMILES string of the molecule is CC(=O)N1CCN(S(=O)(=O)c2ccc(C(=O)Nc3cc(NC(=O)C(C)C)ccc3C)cc2)CC1. The molecule has 0 spiro atoms. The lowest BCUT2D eigenvalue weighted by Gasteiger charge is -2.33. The van der Waals surface area contributed by atoms with Crippen LogP contribution in [0.15, 0.2) is 47.4 Å². The number of amides is 3. The highest BCUT2D eigenvalue weighted by molar-refractivity contribution is 7.89. The van der Waals surface area contributed by atoms with Crippen molar-refractivity contribution in [1.29, 1.82) is 0 Å². The topological polar surface area (TPSA) is 116 Å². The summed E-state index contributed by atoms with van der Waals surface area (Å²) in [5.74, 6) is -0.766. The van der Waals surface area contributed by atoms with E-state index in [1.165, 1.54) is 35.5 Å². The monoisotopic (exact) mass is 486 g/mol. The van der Waals surface area contributed by atoms with Gasteiger partial charge in [0.15, 0.2) is 0 Å². The van der Waals surface area contributed by atoms with Crippen LogP contribution in [0.5, 0.6) is 0 Å². The molecule has 10 heteroatoms. The molecule has 1 aliphatic heterocycles. The Hall–Kier alpha value is -3.24. The van der Waals surface area contributed by atoms with Crippen LogP contribution in [0.4, 0.5) is 11.4 Å². The van der Waals surface area contributed by atoms with Crippen LogP contribution in [-0.2, 0) is 19.6 Å². The van der Waals surface area contributed by atoms with Crippen LogP contribution in [0.1, 0.15) is 36.7 Å². The smallest absolute Gasteiger partial charge is 0.255 e. The van der Waals surface area contributed by atoms with E-state index in [2.05, 4.69) is 10.6 Å². The zero-order valence-corrected chi connectivity index (χ0v) is 20.6. The number of anilines is 2. The van der Waals surface area contributed by atoms with Crippen molar-refractivity contribution in [2.24, 2.45) is 5.92 Å². The molecule has 3 rings (SSSR count). The van der Waals surface area contributed by atoms with Crippen molar-refractivity contribution in [3.8, 4) is 0 Å². The van der Waals surface area contributed by atoms with Crippen LogP contribution in [0.3, 0.4) is 0 Å². The van der Waals surface area contributed by atoms with Crippen LogP contribution in [0, 0.1) is 12.8 Å². The number of aryl methyl sites for hydroxylation is 1. The fourth-order valence-electron chi connectivity index (χ4n) is 3.49. The molecule has 0 aliphatic carbocycles. The molecular formula is C24H30N4O5S. The number of rotatable bonds is 6. The number of nitrogens with one attached hydrogen (secondary N) is 2. The Balaban J connectivity index is 1.70. The molecule has 3 amide bonds. The standard InChI is InChI=1S/C24H30N4O5S/c1-16(2)23(30)25-20-8-5-17(3)22(15-20)26-24(31)19-6-9-21(10-7-19)34(32,33)28-13-11-27(12-14-28)18(4)29/h5-10,15-16H,11-14H2,1-4H3,(H,25,30)(H,26,31). The van der Waals surface area contributed by atoms with E-state index >= 15 is 0 Å². The summed E-state index contributed by atoms with van der Waals surface area (Å²) in [6, 6.07) is 11.0. The second-order valence-corrected chi connectivity index (χ2v) is 10.5. The number of benzene rings is 2. The number of piperazine rings is 1. The normalized spacial score (nSPS) is 14.7. The maximum absolute atomic E-state index is 12.9. The first-order chi connectivity index (χ1) is 16.0. The van der Waals surface area contributed by atoms with Crippen LogP contribution in [0.2, 0.25) is 0 Å². The van der Waals surface area contributed by atoms with Crippen molar-refractivity contribution in [3.63, 3.8) is 0 Å². The summed E-state index contributed by atoms with van der Waals surface area (Å²) in [5, 5.41) is 5.62. The van der Waals surface area contributed by atoms with Gasteiger partial charge < -0.3 is 15.5 Å². The van der Waals surface area contributed by atoms with E-state index in [0.29, 0.717) is 30.0 Å². The summed E-state index contributed by atoms with van der Waals surface area (Å²) in [7, 11) is -3.72. The molecule has 0 saturated carbocycles. The third-order valence-electron chi connectivity index (χ3n) is 5.72. The van der Waals surface area contributed by atoms with Gasteiger partial charge in [-0.05, 0) is 48.9 Å². The van der Waals surface area contributed by atoms with E-state index in [-0.39, 0.29) is 35.7 Å². The molecular weight excluding hydrogens is 456 g/mol. The van der Waals surface area contributed by atoms with Crippen LogP contribution in [0.25, 0.3) is 0 Å². The number of sulfonamides is 1. The van der Waals surface area contributed by atoms with Gasteiger partial charge in [0.25, 0.3) is 5.91 Å². The largest absolute Gasteiger partial charge is 0.340 e. The summed E-state index contributed by atoms with van der Waals surface area (Å²) in [6.45, 7) is 8.05. The quantitative estimate of drug-likeness (QED) is 0.651. The molecule has 182 valence electrons. The Kier molecular flexibility index (Phi) is 7.73. The minimum absolute atomic E-state index is 0.0736. The van der Waals surface area contributed by atoms with Crippen molar-refractivity contribution >= 4 is 39.1 Å². The Bertz CT molecular complexity index is 1180. The molecule has 9 nitrogen and oxygen atoms in total. The Labute approximate surface area is 200 Å². The predicted octanol–water partition coefficient (Wildman–Crippen LogP) is 2.69. The lowest BCUT2D eigenvalue weighted by molar-refractivity contribution is -0.130. The van der Waals surface area contributed by atoms with Gasteiger partial charge in [0, 0.05) is 56.0 Å². The highest BCUT2D eigenvalue weighted by atomic mass is 32.2. The molecule has 2 N–H and O–H groups in total. The van der Waals surface area contributed by atoms with Crippen molar-refractivity contribution in [3.05, 3.63) is 53.6 Å². The fraction of sp³-hybridized carbons (Fsp3) is 0.375. The molecule has 2 aromatic carbocycles. The maximum Gasteiger partial charge on any atom is 0.255 e. The predicted molar refractivity (Wildman–Crippen MR) is 130 cm³/mol. The zero-order valence-electron chi connectivity index (χ0n) is 19.8. The Morgan fingerprint density at radius 2 is 1.53 bits per heavy atom. The molecule has 0 radical (unpaired) electrons. The summed E-state index contributed by atoms with van der Waals surface area (Å²) >= 11 is 0. The van der Waals surface area contributed by atoms with Crippen molar-refractivity contribution in [1.82, 2.24) is 9.21 Å². The molecule has 0 atom stereocenters. The van der Waals surface area contributed by atoms with E-state index in [1.807, 2.05) is 6.92 Å². The summed E-state index contributed by atoms with van der Waals surface area (Å²) in [6.07, 6.45) is 0. The van der Waals surface area contributed by atoms with Crippen molar-refractivity contribution < 1.29 is 22.8 Å². The molecule has 0 aromatic heterocycles. The van der Waals surface area contributed by atoms with Gasteiger partial charge in [-0.25, -0.2) is 8.42 Å². The Morgan fingerprint density at radius 3 is 2.09 bits per heavy atom. The molecule has 1 heterocycles. The van der Waals surface area contributed by atoms with Gasteiger partial charge in [-0.1, -0.05) is 19.9 Å². The molecule has 0 bridgehead atoms. The van der Waals surface area contributed by atoms with Gasteiger partial charge in [0.05, 0.1) is 4.90 Å². The molecule has 1 fully saturated rings. The number of hydrogen-bond donors (Lipinski definition) is 2. The molecule has 1 saturated heterocycles. The average molecular weight is 487 g/mol. The van der Waals surface area contributed by atoms with Gasteiger partial charge in [0.2, 0.25) is 21.8 Å². The number of hydrogen-bond acceptors (Lipinski definition) is 5. The lowest BCUT2D eigenvalue weighted by Crippen LogP contribution is -2.49. The van der Waals surface area contributed by atoms with E-state index in [9.17, 15) is 22.8 Å². The first-order valence-corrected chi connectivity index (χ1v) is 12.5. The molecule has 2 aromatic rings. The van der Waals surface area contributed by atoms with Crippen LogP contribution < -0.4 is 10.6 Å². The van der Waals surface area contributed by atoms with Crippen LogP contribution >= 0.6 is 0 Å². The van der Waals surface area contributed by atoms with Gasteiger partial charge in [-0.2, -0.15) is 4.31 Å². The molecule has 1 aliphatic rings. The third kappa shape index (κ3) is 5.81. The molecule has 0 unspecified atom stereocenters. The minimum atomic E-state index is -3.72. The number of nitrogens with zero attached hydrogens (tertiary/aromatic N) is 2. The van der Waals surface area contributed by atoms with Crippen molar-refractivity contribution in [2.75, 3.05) is 36.8 Å². The summed E-state index contributed by atoms with van der Waals surface area (Å²) in [5.41, 5.74) is 2.24. The van der Waals surface area contributed by atoms with E-state index in [1.54, 1.807) is 36.9 Å². The highest BCUT2D eigenvalue weighted by Gasteiger charge is 2.29. The van der Waals surface area contributed by atoms with E-state index in [0.717, 1.165) is 5.56 Å². The first kappa shape index (κ1) is 25.4. The second-order valence-electron chi connectivity index (χ2n) is 8.56. The van der Waals surface area contributed by atoms with E-state index in [4.69, 9.17) is 0 Å². The van der Waals surface area contributed by atoms with Gasteiger partial charge in [-0.15, -0.1) is 0 Å². The number of carbonyl (C=O) groups is 3. The van der Waals surface area contributed by atoms with Gasteiger partial charge in [0.1, 0.15) is 0 Å². The van der Waals surface area contributed by atoms with Gasteiger partial charge >= 0.3 is 0 Å². The Morgan fingerprint density at radius 1 is 0.912 bits per heavy atom. The minimum Gasteiger partial charge on any atom is -0.340 e. The fourth-order valence-corrected chi connectivity index (χ4v) is 4.91. The second kappa shape index (κ2) is 10.4. The average Bonchev–Trinajstić information content (AvgIpc) is 2.81. The summed E-state index contributed by atoms with van der Waals surface area (Å²) in [4.78, 5) is 37.9. The van der Waals surface area contributed by atoms with Gasteiger partial charge in [-0.3, -0.25) is 14.4 Å². The summed E-state index contributed by atoms with van der Waals surface area (Å²) < 4.78 is 27.2. The van der Waals surface area contributed by atoms with Crippen LogP contribution in [-0.4, -0.2) is 61.5 Å². The lowest BCUT2D eigenvalue weighted by atomic mass is 10.1. The van der Waals surface area contributed by atoms with E-state index < -0.39 is 15.9 Å². The number of carbonyl (C=O) groups excluding carboxylic acids is 3. The zero-order chi connectivity index (χ0) is 25.0. The third-order valence-corrected chi connectivity index (χ3v) is 7.63. The highest BCUT2D eigenvalue weighted by Crippen LogP contribution is 2.23. The van der Waals surface area contributed by atoms with Crippen molar-refractivity contribution in [2.45, 2.75) is 32.6 Å². The first-order valence-electron chi connectivity index (χ1n) is 11.1. The maximum atomic E-state index is 12.9. The molecule has 34 heavy (non-hydrogen) atoms.